The van der Waals surface area contributed by atoms with Crippen LogP contribution in [0, 0.1) is 11.6 Å². The van der Waals surface area contributed by atoms with Crippen molar-refractivity contribution in [2.45, 2.75) is 31.5 Å². The molecule has 1 aromatic heterocycles. The predicted octanol–water partition coefficient (Wildman–Crippen LogP) is 2.45. The van der Waals surface area contributed by atoms with Crippen molar-refractivity contribution in [3.8, 4) is 17.0 Å². The highest BCUT2D eigenvalue weighted by Crippen LogP contribution is 2.43. The maximum atomic E-state index is 16.1. The van der Waals surface area contributed by atoms with E-state index in [4.69, 9.17) is 15.2 Å². The van der Waals surface area contributed by atoms with Gasteiger partial charge in [-0.25, -0.2) is 13.8 Å². The summed E-state index contributed by atoms with van der Waals surface area (Å²) in [6.07, 6.45) is 1.77. The molecular weight excluding hydrogens is 484 g/mol. The summed E-state index contributed by atoms with van der Waals surface area (Å²) >= 11 is 0. The number of ether oxygens (including phenoxy) is 2. The first-order valence-corrected chi connectivity index (χ1v) is 12.2. The van der Waals surface area contributed by atoms with Crippen LogP contribution < -0.4 is 15.4 Å². The number of nitrogens with zero attached hydrogens (tertiary/aromatic N) is 4. The van der Waals surface area contributed by atoms with Crippen molar-refractivity contribution < 1.29 is 27.8 Å². The van der Waals surface area contributed by atoms with Crippen LogP contribution in [0.15, 0.2) is 30.9 Å². The second-order valence-electron chi connectivity index (χ2n) is 9.55. The van der Waals surface area contributed by atoms with Crippen molar-refractivity contribution in [2.24, 2.45) is 0 Å². The molecule has 2 saturated heterocycles. The number of fused-ring (bicyclic) bond motifs is 2. The minimum atomic E-state index is -0.960. The molecule has 3 aliphatic rings. The summed E-state index contributed by atoms with van der Waals surface area (Å²) < 4.78 is 42.5. The van der Waals surface area contributed by atoms with Gasteiger partial charge < -0.3 is 29.9 Å². The molecule has 0 bridgehead atoms. The average molecular weight is 514 g/mol. The van der Waals surface area contributed by atoms with Crippen LogP contribution in [0.5, 0.6) is 5.75 Å². The Bertz CT molecular complexity index is 1250. The molecule has 2 aromatic rings. The molecule has 2 N–H and O–H groups in total. The number of nitrogens with two attached hydrogens (primary N) is 1. The minimum absolute atomic E-state index is 0.0116. The zero-order valence-corrected chi connectivity index (χ0v) is 20.7. The second kappa shape index (κ2) is 9.62. The number of aromatic nitrogens is 1. The van der Waals surface area contributed by atoms with Crippen molar-refractivity contribution in [3.05, 3.63) is 48.1 Å². The summed E-state index contributed by atoms with van der Waals surface area (Å²) in [5, 5.41) is 0. The first kappa shape index (κ1) is 24.9. The fourth-order valence-corrected chi connectivity index (χ4v) is 5.39. The molecule has 2 fully saturated rings. The van der Waals surface area contributed by atoms with Gasteiger partial charge in [-0.2, -0.15) is 0 Å². The van der Waals surface area contributed by atoms with E-state index < -0.39 is 23.6 Å². The molecule has 37 heavy (non-hydrogen) atoms. The van der Waals surface area contributed by atoms with E-state index in [1.807, 2.05) is 11.8 Å². The van der Waals surface area contributed by atoms with Crippen LogP contribution in [-0.4, -0.2) is 84.7 Å². The highest BCUT2D eigenvalue weighted by Gasteiger charge is 2.43. The maximum Gasteiger partial charge on any atom is 0.262 e. The molecule has 196 valence electrons. The summed E-state index contributed by atoms with van der Waals surface area (Å²) in [6, 6.07) is 3.47. The largest absolute Gasteiger partial charge is 0.487 e. The molecule has 9 nitrogen and oxygen atoms in total. The van der Waals surface area contributed by atoms with Gasteiger partial charge in [0, 0.05) is 45.0 Å². The van der Waals surface area contributed by atoms with Crippen molar-refractivity contribution in [3.63, 3.8) is 0 Å². The third-order valence-corrected chi connectivity index (χ3v) is 7.36. The Kier molecular flexibility index (Phi) is 6.49. The number of piperazine rings is 1. The third-order valence-electron chi connectivity index (χ3n) is 7.36. The van der Waals surface area contributed by atoms with E-state index in [0.717, 1.165) is 0 Å². The minimum Gasteiger partial charge on any atom is -0.487 e. The van der Waals surface area contributed by atoms with Crippen LogP contribution >= 0.6 is 0 Å². The van der Waals surface area contributed by atoms with E-state index in [0.29, 0.717) is 19.5 Å². The van der Waals surface area contributed by atoms with Crippen LogP contribution in [0.1, 0.15) is 23.7 Å². The number of methoxy groups -OCH3 is 1. The fourth-order valence-electron chi connectivity index (χ4n) is 5.39. The molecular formula is C26H29F2N5O4. The van der Waals surface area contributed by atoms with E-state index in [1.165, 1.54) is 24.3 Å². The van der Waals surface area contributed by atoms with Crippen molar-refractivity contribution in [2.75, 3.05) is 50.5 Å². The molecule has 5 rings (SSSR count). The normalized spacial score (nSPS) is 23.3. The summed E-state index contributed by atoms with van der Waals surface area (Å²) in [4.78, 5) is 35.7. The van der Waals surface area contributed by atoms with Gasteiger partial charge in [-0.15, -0.1) is 0 Å². The summed E-state index contributed by atoms with van der Waals surface area (Å²) in [5.41, 5.74) is 5.51. The molecule has 4 heterocycles. The molecule has 0 spiro atoms. The van der Waals surface area contributed by atoms with Crippen molar-refractivity contribution in [1.82, 2.24) is 14.8 Å². The number of nitrogen functional groups attached to an aromatic ring is 1. The average Bonchev–Trinajstić information content (AvgIpc) is 3.20. The summed E-state index contributed by atoms with van der Waals surface area (Å²) in [6.45, 7) is 6.61. The zero-order chi connectivity index (χ0) is 26.4. The molecule has 3 atom stereocenters. The highest BCUT2D eigenvalue weighted by molar-refractivity contribution is 6.03. The smallest absolute Gasteiger partial charge is 0.262 e. The van der Waals surface area contributed by atoms with E-state index in [2.05, 4.69) is 11.6 Å². The van der Waals surface area contributed by atoms with Crippen LogP contribution in [0.2, 0.25) is 0 Å². The Morgan fingerprint density at radius 3 is 2.70 bits per heavy atom. The number of benzene rings is 1. The van der Waals surface area contributed by atoms with Crippen molar-refractivity contribution in [1.29, 1.82) is 0 Å². The molecule has 2 amide bonds. The molecule has 2 unspecified atom stereocenters. The van der Waals surface area contributed by atoms with Gasteiger partial charge in [-0.3, -0.25) is 9.59 Å². The first-order chi connectivity index (χ1) is 17.7. The Balaban J connectivity index is 1.67. The van der Waals surface area contributed by atoms with E-state index in [9.17, 15) is 14.0 Å². The van der Waals surface area contributed by atoms with Crippen LogP contribution in [-0.2, 0) is 9.53 Å². The maximum absolute atomic E-state index is 16.1. The number of amides is 2. The molecule has 0 aliphatic carbocycles. The number of hydrogen-bond donors (Lipinski definition) is 1. The quantitative estimate of drug-likeness (QED) is 0.495. The topological polar surface area (TPSA) is 101 Å². The number of hydrogen-bond acceptors (Lipinski definition) is 7. The molecule has 0 saturated carbocycles. The second-order valence-corrected chi connectivity index (χ2v) is 9.55. The van der Waals surface area contributed by atoms with Crippen LogP contribution in [0.25, 0.3) is 11.3 Å². The number of rotatable bonds is 4. The van der Waals surface area contributed by atoms with Gasteiger partial charge in [0.15, 0.2) is 11.6 Å². The Labute approximate surface area is 213 Å². The van der Waals surface area contributed by atoms with E-state index >= 15 is 4.39 Å². The van der Waals surface area contributed by atoms with Crippen molar-refractivity contribution >= 4 is 23.3 Å². The van der Waals surface area contributed by atoms with Gasteiger partial charge in [0.05, 0.1) is 17.7 Å². The van der Waals surface area contributed by atoms with Gasteiger partial charge in [0.25, 0.3) is 5.91 Å². The molecule has 0 radical (unpaired) electrons. The first-order valence-electron chi connectivity index (χ1n) is 12.2. The number of carbonyl (C=O) groups excluding carboxylic acids is 2. The number of anilines is 2. The molecule has 11 heteroatoms. The van der Waals surface area contributed by atoms with Gasteiger partial charge in [0.1, 0.15) is 29.5 Å². The number of carbonyl (C=O) groups is 2. The SMILES string of the molecule is C=CC(=O)N1CCN2C(=O)c3c(N4CC(OC)C[C@@H]4C)nc(-c4c(N)cccc4F)c(F)c3OCC2C1. The van der Waals surface area contributed by atoms with Crippen LogP contribution in [0.3, 0.4) is 0 Å². The molecule has 1 aromatic carbocycles. The lowest BCUT2D eigenvalue weighted by molar-refractivity contribution is -0.128. The lowest BCUT2D eigenvalue weighted by Gasteiger charge is -2.39. The lowest BCUT2D eigenvalue weighted by atomic mass is 10.0. The van der Waals surface area contributed by atoms with Crippen LogP contribution in [0.4, 0.5) is 20.3 Å². The molecule has 3 aliphatic heterocycles. The third kappa shape index (κ3) is 4.16. The Morgan fingerprint density at radius 2 is 2.03 bits per heavy atom. The summed E-state index contributed by atoms with van der Waals surface area (Å²) in [5.74, 6) is -2.51. The van der Waals surface area contributed by atoms with Gasteiger partial charge >= 0.3 is 0 Å². The lowest BCUT2D eigenvalue weighted by Crippen LogP contribution is -2.57. The number of pyridine rings is 1. The van der Waals surface area contributed by atoms with E-state index in [1.54, 1.807) is 16.9 Å². The van der Waals surface area contributed by atoms with Gasteiger partial charge in [-0.05, 0) is 31.6 Å². The predicted molar refractivity (Wildman–Crippen MR) is 133 cm³/mol. The Hall–Kier alpha value is -3.73. The zero-order valence-electron chi connectivity index (χ0n) is 20.7. The van der Waals surface area contributed by atoms with Gasteiger partial charge in [0.2, 0.25) is 5.91 Å². The standard InChI is InChI=1S/C26H29F2N5O4/c1-4-19(34)31-8-9-32-15(11-31)13-37-24-21(26(32)35)25(33-12-16(36-3)10-14(33)2)30-23(22(24)28)20-17(27)6-5-7-18(20)29/h4-7,14-16H,1,8-13,29H2,2-3H3/t14-,15?,16?/m0/s1. The monoisotopic (exact) mass is 513 g/mol. The Morgan fingerprint density at radius 1 is 1.24 bits per heavy atom. The highest BCUT2D eigenvalue weighted by atomic mass is 19.1. The number of halogens is 2. The van der Waals surface area contributed by atoms with Gasteiger partial charge in [-0.1, -0.05) is 12.6 Å². The summed E-state index contributed by atoms with van der Waals surface area (Å²) in [7, 11) is 1.61. The van der Waals surface area contributed by atoms with E-state index in [-0.39, 0.29) is 71.8 Å². The fraction of sp³-hybridized carbons (Fsp3) is 0.423.